The molecule has 0 aliphatic heterocycles. The van der Waals surface area contributed by atoms with E-state index in [-0.39, 0.29) is 0 Å². The highest BCUT2D eigenvalue weighted by atomic mass is 14.5. The van der Waals surface area contributed by atoms with Gasteiger partial charge in [0.15, 0.2) is 0 Å². The Kier molecular flexibility index (Phi) is 1.42. The first-order valence-corrected chi connectivity index (χ1v) is 5.50. The zero-order valence-electron chi connectivity index (χ0n) is 7.92. The van der Waals surface area contributed by atoms with Gasteiger partial charge in [-0.1, -0.05) is 11.6 Å². The van der Waals surface area contributed by atoms with Gasteiger partial charge in [0.1, 0.15) is 0 Å². The molecule has 2 saturated carbocycles. The second-order valence-electron chi connectivity index (χ2n) is 5.15. The summed E-state index contributed by atoms with van der Waals surface area (Å²) in [7, 11) is 0. The molecule has 0 spiro atoms. The lowest BCUT2D eigenvalue weighted by Crippen LogP contribution is -2.24. The van der Waals surface area contributed by atoms with Crippen LogP contribution in [0.1, 0.15) is 39.0 Å². The smallest absolute Gasteiger partial charge is 0.0289 e. The lowest BCUT2D eigenvalue weighted by molar-refractivity contribution is 0.210. The van der Waals surface area contributed by atoms with Crippen LogP contribution in [0.15, 0.2) is 11.6 Å². The van der Waals surface area contributed by atoms with Gasteiger partial charge in [-0.05, 0) is 62.7 Å². The lowest BCUT2D eigenvalue weighted by Gasteiger charge is -2.34. The summed E-state index contributed by atoms with van der Waals surface area (Å²) < 4.78 is 0. The zero-order valence-corrected chi connectivity index (χ0v) is 7.92. The van der Waals surface area contributed by atoms with Crippen molar-refractivity contribution in [2.45, 2.75) is 39.0 Å². The summed E-state index contributed by atoms with van der Waals surface area (Å²) in [6.45, 7) is 2.32. The van der Waals surface area contributed by atoms with Crippen LogP contribution in [0.2, 0.25) is 0 Å². The molecular formula is C12H18. The summed E-state index contributed by atoms with van der Waals surface area (Å²) in [6, 6.07) is 0. The first kappa shape index (κ1) is 7.17. The second kappa shape index (κ2) is 2.37. The summed E-state index contributed by atoms with van der Waals surface area (Å²) >= 11 is 0. The topological polar surface area (TPSA) is 0 Å². The molecule has 3 rings (SSSR count). The third-order valence-corrected chi connectivity index (χ3v) is 4.57. The van der Waals surface area contributed by atoms with Crippen LogP contribution in [0.25, 0.3) is 0 Å². The fourth-order valence-corrected chi connectivity index (χ4v) is 4.01. The van der Waals surface area contributed by atoms with E-state index in [4.69, 9.17) is 0 Å². The molecule has 0 radical (unpaired) electrons. The maximum Gasteiger partial charge on any atom is -0.0289 e. The molecule has 0 aromatic heterocycles. The largest absolute Gasteiger partial charge is 0.0853 e. The molecule has 12 heavy (non-hydrogen) atoms. The molecule has 0 aromatic rings. The predicted molar refractivity (Wildman–Crippen MR) is 50.8 cm³/mol. The molecule has 3 aliphatic carbocycles. The summed E-state index contributed by atoms with van der Waals surface area (Å²) in [5.41, 5.74) is 1.67. The molecule has 3 aliphatic rings. The Morgan fingerprint density at radius 3 is 2.75 bits per heavy atom. The number of allylic oxidation sites excluding steroid dienone is 2. The van der Waals surface area contributed by atoms with Crippen LogP contribution in [-0.2, 0) is 0 Å². The number of rotatable bonds is 0. The minimum absolute atomic E-state index is 1.10. The molecule has 0 amide bonds. The normalized spacial score (nSPS) is 50.6. The van der Waals surface area contributed by atoms with E-state index in [0.717, 1.165) is 23.7 Å². The average molecular weight is 162 g/mol. The Balaban J connectivity index is 1.88. The fourth-order valence-electron chi connectivity index (χ4n) is 4.01. The molecule has 2 bridgehead atoms. The van der Waals surface area contributed by atoms with Gasteiger partial charge in [0, 0.05) is 0 Å². The maximum absolute atomic E-state index is 2.50. The van der Waals surface area contributed by atoms with Gasteiger partial charge in [0.2, 0.25) is 0 Å². The quantitative estimate of drug-likeness (QED) is 0.479. The van der Waals surface area contributed by atoms with Crippen molar-refractivity contribution in [3.05, 3.63) is 11.6 Å². The molecule has 0 heterocycles. The number of hydrogen-bond donors (Lipinski definition) is 0. The average Bonchev–Trinajstić information content (AvgIpc) is 2.63. The SMILES string of the molecule is CC1=CC[C@@H]2[C@H]3CC[C@@H](C3)[C@@H]2C1. The molecule has 66 valence electrons. The molecule has 0 unspecified atom stereocenters. The summed E-state index contributed by atoms with van der Waals surface area (Å²) in [5.74, 6) is 4.47. The highest BCUT2D eigenvalue weighted by molar-refractivity contribution is 5.11. The first-order valence-electron chi connectivity index (χ1n) is 5.50. The van der Waals surface area contributed by atoms with Crippen molar-refractivity contribution in [3.63, 3.8) is 0 Å². The Hall–Kier alpha value is -0.260. The van der Waals surface area contributed by atoms with Crippen molar-refractivity contribution in [2.75, 3.05) is 0 Å². The monoisotopic (exact) mass is 162 g/mol. The molecular weight excluding hydrogens is 144 g/mol. The Labute approximate surface area is 75.0 Å². The van der Waals surface area contributed by atoms with Crippen molar-refractivity contribution in [2.24, 2.45) is 23.7 Å². The van der Waals surface area contributed by atoms with Crippen LogP contribution in [-0.4, -0.2) is 0 Å². The van der Waals surface area contributed by atoms with E-state index < -0.39 is 0 Å². The minimum Gasteiger partial charge on any atom is -0.0853 e. The molecule has 0 aromatic carbocycles. The lowest BCUT2D eigenvalue weighted by atomic mass is 9.72. The third-order valence-electron chi connectivity index (χ3n) is 4.57. The second-order valence-corrected chi connectivity index (χ2v) is 5.15. The number of hydrogen-bond acceptors (Lipinski definition) is 0. The van der Waals surface area contributed by atoms with Crippen LogP contribution in [0.5, 0.6) is 0 Å². The Morgan fingerprint density at radius 2 is 1.92 bits per heavy atom. The van der Waals surface area contributed by atoms with Crippen molar-refractivity contribution in [1.82, 2.24) is 0 Å². The fraction of sp³-hybridized carbons (Fsp3) is 0.833. The zero-order chi connectivity index (χ0) is 8.13. The minimum atomic E-state index is 1.10. The van der Waals surface area contributed by atoms with Crippen molar-refractivity contribution < 1.29 is 0 Å². The third kappa shape index (κ3) is 0.841. The van der Waals surface area contributed by atoms with Gasteiger partial charge in [0.05, 0.1) is 0 Å². The summed E-state index contributed by atoms with van der Waals surface area (Å²) in [4.78, 5) is 0. The van der Waals surface area contributed by atoms with Gasteiger partial charge in [-0.25, -0.2) is 0 Å². The molecule has 4 atom stereocenters. The van der Waals surface area contributed by atoms with E-state index in [1.165, 1.54) is 12.8 Å². The van der Waals surface area contributed by atoms with Gasteiger partial charge in [-0.3, -0.25) is 0 Å². The van der Waals surface area contributed by atoms with E-state index in [1.807, 2.05) is 0 Å². The van der Waals surface area contributed by atoms with Gasteiger partial charge in [-0.2, -0.15) is 0 Å². The first-order chi connectivity index (χ1) is 5.84. The molecule has 2 fully saturated rings. The molecule has 0 heteroatoms. The maximum atomic E-state index is 2.50. The summed E-state index contributed by atoms with van der Waals surface area (Å²) in [5, 5.41) is 0. The van der Waals surface area contributed by atoms with E-state index in [2.05, 4.69) is 13.0 Å². The van der Waals surface area contributed by atoms with Crippen molar-refractivity contribution in [1.29, 1.82) is 0 Å². The standard InChI is InChI=1S/C12H18/c1-8-2-5-11-9-3-4-10(7-9)12(11)6-8/h2,9-12H,3-7H2,1H3/t9-,10-,11+,12-/m0/s1. The highest BCUT2D eigenvalue weighted by Gasteiger charge is 2.47. The highest BCUT2D eigenvalue weighted by Crippen LogP contribution is 2.56. The van der Waals surface area contributed by atoms with Crippen LogP contribution in [0.3, 0.4) is 0 Å². The van der Waals surface area contributed by atoms with Crippen molar-refractivity contribution >= 4 is 0 Å². The predicted octanol–water partition coefficient (Wildman–Crippen LogP) is 3.39. The van der Waals surface area contributed by atoms with Crippen LogP contribution < -0.4 is 0 Å². The summed E-state index contributed by atoms with van der Waals surface area (Å²) in [6.07, 6.45) is 10.0. The van der Waals surface area contributed by atoms with E-state index in [9.17, 15) is 0 Å². The number of fused-ring (bicyclic) bond motifs is 5. The Bertz CT molecular complexity index is 226. The van der Waals surface area contributed by atoms with Gasteiger partial charge >= 0.3 is 0 Å². The molecule has 0 nitrogen and oxygen atoms in total. The van der Waals surface area contributed by atoms with E-state index in [0.29, 0.717) is 0 Å². The van der Waals surface area contributed by atoms with Crippen LogP contribution in [0.4, 0.5) is 0 Å². The van der Waals surface area contributed by atoms with Gasteiger partial charge < -0.3 is 0 Å². The van der Waals surface area contributed by atoms with Gasteiger partial charge in [0.25, 0.3) is 0 Å². The van der Waals surface area contributed by atoms with Crippen molar-refractivity contribution in [3.8, 4) is 0 Å². The van der Waals surface area contributed by atoms with Gasteiger partial charge in [-0.15, -0.1) is 0 Å². The van der Waals surface area contributed by atoms with Crippen LogP contribution >= 0.6 is 0 Å². The van der Waals surface area contributed by atoms with Crippen LogP contribution in [0, 0.1) is 23.7 Å². The molecule has 0 N–H and O–H groups in total. The van der Waals surface area contributed by atoms with E-state index in [1.54, 1.807) is 24.8 Å². The Morgan fingerprint density at radius 1 is 1.17 bits per heavy atom. The molecule has 0 saturated heterocycles. The van der Waals surface area contributed by atoms with E-state index >= 15 is 0 Å².